The van der Waals surface area contributed by atoms with Crippen LogP contribution < -0.4 is 0 Å². The van der Waals surface area contributed by atoms with Crippen LogP contribution in [-0.2, 0) is 4.79 Å². The van der Waals surface area contributed by atoms with Crippen molar-refractivity contribution >= 4 is 5.78 Å². The molecule has 17 heavy (non-hydrogen) atoms. The maximum Gasteiger partial charge on any atom is 0.153 e. The number of Topliss-reactive ketones (excluding diaryl/α,β-unsaturated/α-hetero) is 1. The van der Waals surface area contributed by atoms with Gasteiger partial charge in [-0.3, -0.25) is 9.69 Å². The first kappa shape index (κ1) is 14.7. The van der Waals surface area contributed by atoms with Crippen molar-refractivity contribution in [2.45, 2.75) is 76.7 Å². The van der Waals surface area contributed by atoms with Gasteiger partial charge in [-0.15, -0.1) is 0 Å². The highest BCUT2D eigenvalue weighted by Crippen LogP contribution is 2.35. The third-order valence-corrected chi connectivity index (χ3v) is 4.31. The van der Waals surface area contributed by atoms with Crippen molar-refractivity contribution in [3.63, 3.8) is 0 Å². The maximum absolute atomic E-state index is 12.4. The summed E-state index contributed by atoms with van der Waals surface area (Å²) in [6.07, 6.45) is 11.6. The molecular weight excluding hydrogens is 210 g/mol. The lowest BCUT2D eigenvalue weighted by Gasteiger charge is -2.34. The summed E-state index contributed by atoms with van der Waals surface area (Å²) in [5, 5.41) is 0. The smallest absolute Gasteiger partial charge is 0.153 e. The van der Waals surface area contributed by atoms with Crippen molar-refractivity contribution in [3.8, 4) is 0 Å². The van der Waals surface area contributed by atoms with E-state index >= 15 is 0 Å². The van der Waals surface area contributed by atoms with Gasteiger partial charge >= 0.3 is 0 Å². The Morgan fingerprint density at radius 3 is 2.18 bits per heavy atom. The van der Waals surface area contributed by atoms with Gasteiger partial charge in [-0.1, -0.05) is 45.4 Å². The van der Waals surface area contributed by atoms with Crippen molar-refractivity contribution in [1.82, 2.24) is 4.90 Å². The largest absolute Gasteiger partial charge is 0.298 e. The number of carbonyl (C=O) groups is 1. The van der Waals surface area contributed by atoms with Crippen LogP contribution in [0.5, 0.6) is 0 Å². The van der Waals surface area contributed by atoms with Crippen LogP contribution in [0, 0.1) is 0 Å². The number of likely N-dealkylation sites (N-methyl/N-ethyl adjacent to an activating group) is 1. The number of hydrogen-bond donors (Lipinski definition) is 0. The summed E-state index contributed by atoms with van der Waals surface area (Å²) in [6.45, 7) is 2.23. The highest BCUT2D eigenvalue weighted by molar-refractivity contribution is 5.88. The van der Waals surface area contributed by atoms with Gasteiger partial charge in [0.25, 0.3) is 0 Å². The topological polar surface area (TPSA) is 20.3 Å². The van der Waals surface area contributed by atoms with E-state index < -0.39 is 0 Å². The molecule has 0 aromatic heterocycles. The monoisotopic (exact) mass is 239 g/mol. The molecule has 0 amide bonds. The second kappa shape index (κ2) is 7.15. The molecule has 1 aliphatic rings. The van der Waals surface area contributed by atoms with Crippen molar-refractivity contribution in [1.29, 1.82) is 0 Å². The van der Waals surface area contributed by atoms with Crippen molar-refractivity contribution in [2.24, 2.45) is 0 Å². The average Bonchev–Trinajstić information content (AvgIpc) is 2.79. The lowest BCUT2D eigenvalue weighted by atomic mass is 9.87. The molecular formula is C15H29NO. The Bertz CT molecular complexity index is 229. The SMILES string of the molecule is CCCCCCCC(=O)C1(N(C)C)CCCC1. The first-order valence-corrected chi connectivity index (χ1v) is 7.34. The van der Waals surface area contributed by atoms with Gasteiger partial charge in [0.2, 0.25) is 0 Å². The van der Waals surface area contributed by atoms with Gasteiger partial charge < -0.3 is 0 Å². The van der Waals surface area contributed by atoms with Gasteiger partial charge in [0.05, 0.1) is 5.54 Å². The minimum Gasteiger partial charge on any atom is -0.298 e. The predicted molar refractivity (Wildman–Crippen MR) is 73.3 cm³/mol. The molecule has 2 heteroatoms. The molecule has 100 valence electrons. The fraction of sp³-hybridized carbons (Fsp3) is 0.933. The lowest BCUT2D eigenvalue weighted by Crippen LogP contribution is -2.48. The molecule has 0 saturated heterocycles. The first-order valence-electron chi connectivity index (χ1n) is 7.34. The zero-order valence-electron chi connectivity index (χ0n) is 11.9. The normalized spacial score (nSPS) is 18.8. The summed E-state index contributed by atoms with van der Waals surface area (Å²) in [7, 11) is 4.14. The van der Waals surface area contributed by atoms with Crippen LogP contribution in [0.4, 0.5) is 0 Å². The highest BCUT2D eigenvalue weighted by atomic mass is 16.1. The van der Waals surface area contributed by atoms with Crippen LogP contribution in [0.25, 0.3) is 0 Å². The molecule has 1 aliphatic carbocycles. The molecule has 1 fully saturated rings. The second-order valence-corrected chi connectivity index (χ2v) is 5.72. The van der Waals surface area contributed by atoms with E-state index in [1.54, 1.807) is 0 Å². The molecule has 0 radical (unpaired) electrons. The molecule has 1 saturated carbocycles. The van der Waals surface area contributed by atoms with E-state index in [1.807, 2.05) is 0 Å². The zero-order valence-corrected chi connectivity index (χ0v) is 11.9. The van der Waals surface area contributed by atoms with Crippen LogP contribution in [0.3, 0.4) is 0 Å². The fourth-order valence-corrected chi connectivity index (χ4v) is 3.06. The van der Waals surface area contributed by atoms with Gasteiger partial charge in [-0.25, -0.2) is 0 Å². The third-order valence-electron chi connectivity index (χ3n) is 4.31. The lowest BCUT2D eigenvalue weighted by molar-refractivity contribution is -0.129. The summed E-state index contributed by atoms with van der Waals surface area (Å²) < 4.78 is 0. The van der Waals surface area contributed by atoms with E-state index in [-0.39, 0.29) is 5.54 Å². The van der Waals surface area contributed by atoms with E-state index in [2.05, 4.69) is 25.9 Å². The fourth-order valence-electron chi connectivity index (χ4n) is 3.06. The van der Waals surface area contributed by atoms with Crippen LogP contribution in [-0.4, -0.2) is 30.3 Å². The molecule has 0 bridgehead atoms. The Hall–Kier alpha value is -0.370. The van der Waals surface area contributed by atoms with Crippen LogP contribution >= 0.6 is 0 Å². The second-order valence-electron chi connectivity index (χ2n) is 5.72. The molecule has 0 spiro atoms. The molecule has 0 N–H and O–H groups in total. The molecule has 1 rings (SSSR count). The first-order chi connectivity index (χ1) is 8.13. The molecule has 0 aliphatic heterocycles. The summed E-state index contributed by atoms with van der Waals surface area (Å²) in [6, 6.07) is 0. The van der Waals surface area contributed by atoms with Crippen molar-refractivity contribution in [3.05, 3.63) is 0 Å². The van der Waals surface area contributed by atoms with Crippen molar-refractivity contribution < 1.29 is 4.79 Å². The van der Waals surface area contributed by atoms with E-state index in [0.29, 0.717) is 5.78 Å². The number of rotatable bonds is 8. The maximum atomic E-state index is 12.4. The van der Waals surface area contributed by atoms with Crippen LogP contribution in [0.1, 0.15) is 71.1 Å². The number of ketones is 1. The molecule has 2 nitrogen and oxygen atoms in total. The number of unbranched alkanes of at least 4 members (excludes halogenated alkanes) is 4. The molecule has 0 aromatic rings. The van der Waals surface area contributed by atoms with Gasteiger partial charge in [0.1, 0.15) is 0 Å². The number of nitrogens with zero attached hydrogens (tertiary/aromatic N) is 1. The van der Waals surface area contributed by atoms with Gasteiger partial charge in [0.15, 0.2) is 5.78 Å². The number of hydrogen-bond acceptors (Lipinski definition) is 2. The van der Waals surface area contributed by atoms with E-state index in [0.717, 1.165) is 25.7 Å². The van der Waals surface area contributed by atoms with E-state index in [4.69, 9.17) is 0 Å². The summed E-state index contributed by atoms with van der Waals surface area (Å²) >= 11 is 0. The van der Waals surface area contributed by atoms with E-state index in [1.165, 1.54) is 38.5 Å². The van der Waals surface area contributed by atoms with Gasteiger partial charge in [-0.05, 0) is 33.4 Å². The van der Waals surface area contributed by atoms with Crippen LogP contribution in [0.2, 0.25) is 0 Å². The van der Waals surface area contributed by atoms with Gasteiger partial charge in [-0.2, -0.15) is 0 Å². The minimum absolute atomic E-state index is 0.106. The van der Waals surface area contributed by atoms with Crippen molar-refractivity contribution in [2.75, 3.05) is 14.1 Å². The summed E-state index contributed by atoms with van der Waals surface area (Å²) in [5.74, 6) is 0.497. The highest BCUT2D eigenvalue weighted by Gasteiger charge is 2.41. The molecule has 0 aromatic carbocycles. The van der Waals surface area contributed by atoms with E-state index in [9.17, 15) is 4.79 Å². The molecule has 0 atom stereocenters. The van der Waals surface area contributed by atoms with Crippen LogP contribution in [0.15, 0.2) is 0 Å². The Kier molecular flexibility index (Phi) is 6.18. The minimum atomic E-state index is -0.106. The summed E-state index contributed by atoms with van der Waals surface area (Å²) in [5.41, 5.74) is -0.106. The zero-order chi connectivity index (χ0) is 12.7. The Morgan fingerprint density at radius 1 is 1.06 bits per heavy atom. The Balaban J connectivity index is 2.34. The quantitative estimate of drug-likeness (QED) is 0.601. The number of carbonyl (C=O) groups excluding carboxylic acids is 1. The van der Waals surface area contributed by atoms with Gasteiger partial charge in [0, 0.05) is 6.42 Å². The third kappa shape index (κ3) is 3.80. The average molecular weight is 239 g/mol. The predicted octanol–water partition coefficient (Wildman–Crippen LogP) is 3.79. The standard InChI is InChI=1S/C15H29NO/c1-4-5-6-7-8-11-14(17)15(16(2)3)12-9-10-13-15/h4-13H2,1-3H3. The molecule has 0 heterocycles. The summed E-state index contributed by atoms with van der Waals surface area (Å²) in [4.78, 5) is 14.6. The Labute approximate surface area is 107 Å². The molecule has 0 unspecified atom stereocenters. The Morgan fingerprint density at radius 2 is 1.65 bits per heavy atom.